The molecule has 6 heteroatoms. The minimum atomic E-state index is -0.364. The normalized spacial score (nSPS) is 11.7. The van der Waals surface area contributed by atoms with Gasteiger partial charge >= 0.3 is 5.97 Å². The first kappa shape index (κ1) is 16.7. The number of carbonyl (C=O) groups is 1. The van der Waals surface area contributed by atoms with E-state index in [-0.39, 0.29) is 11.6 Å². The number of carbonyl (C=O) groups excluding carboxylic acids is 1. The second-order valence-electron chi connectivity index (χ2n) is 5.12. The minimum absolute atomic E-state index is 0.212. The van der Waals surface area contributed by atoms with Crippen molar-refractivity contribution in [2.24, 2.45) is 7.05 Å². The van der Waals surface area contributed by atoms with Gasteiger partial charge in [0.1, 0.15) is 5.56 Å². The topological polar surface area (TPSA) is 62.6 Å². The van der Waals surface area contributed by atoms with Gasteiger partial charge in [-0.15, -0.1) is 0 Å². The minimum Gasteiger partial charge on any atom is -0.462 e. The summed E-state index contributed by atoms with van der Waals surface area (Å²) in [5.74, 6) is -0.364. The summed E-state index contributed by atoms with van der Waals surface area (Å²) in [7, 11) is 3.46. The van der Waals surface area contributed by atoms with Gasteiger partial charge in [0.25, 0.3) is 0 Å². The first-order valence-electron chi connectivity index (χ1n) is 6.72. The molecule has 6 nitrogen and oxygen atoms in total. The Morgan fingerprint density at radius 1 is 1.45 bits per heavy atom. The third-order valence-electron chi connectivity index (χ3n) is 3.20. The standard InChI is InChI=1S/C14H24N2O4/c1-6-20-13(17)11-9-15-16(4)12(11)10-19-8-7-14(2,3)18-5/h9H,6-8,10H2,1-5H3. The molecule has 0 saturated carbocycles. The van der Waals surface area contributed by atoms with Crippen molar-refractivity contribution in [3.63, 3.8) is 0 Å². The van der Waals surface area contributed by atoms with Gasteiger partial charge in [-0.05, 0) is 27.2 Å². The molecule has 0 aliphatic rings. The lowest BCUT2D eigenvalue weighted by Crippen LogP contribution is -2.24. The highest BCUT2D eigenvalue weighted by molar-refractivity contribution is 5.90. The highest BCUT2D eigenvalue weighted by atomic mass is 16.5. The molecule has 114 valence electrons. The Morgan fingerprint density at radius 3 is 2.75 bits per heavy atom. The van der Waals surface area contributed by atoms with Gasteiger partial charge in [0.05, 0.1) is 30.7 Å². The van der Waals surface area contributed by atoms with Gasteiger partial charge < -0.3 is 14.2 Å². The van der Waals surface area contributed by atoms with Crippen LogP contribution in [0.3, 0.4) is 0 Å². The molecule has 0 saturated heterocycles. The van der Waals surface area contributed by atoms with Crippen LogP contribution in [0.4, 0.5) is 0 Å². The van der Waals surface area contributed by atoms with E-state index in [0.29, 0.717) is 25.4 Å². The van der Waals surface area contributed by atoms with Gasteiger partial charge in [-0.1, -0.05) is 0 Å². The number of hydrogen-bond donors (Lipinski definition) is 0. The van der Waals surface area contributed by atoms with Crippen molar-refractivity contribution >= 4 is 5.97 Å². The molecule has 1 rings (SSSR count). The molecule has 0 amide bonds. The van der Waals surface area contributed by atoms with Crippen LogP contribution in [0.25, 0.3) is 0 Å². The number of ether oxygens (including phenoxy) is 3. The monoisotopic (exact) mass is 284 g/mol. The number of hydrogen-bond acceptors (Lipinski definition) is 5. The lowest BCUT2D eigenvalue weighted by atomic mass is 10.1. The lowest BCUT2D eigenvalue weighted by molar-refractivity contribution is -0.0133. The molecule has 0 radical (unpaired) electrons. The van der Waals surface area contributed by atoms with Gasteiger partial charge in [-0.25, -0.2) is 4.79 Å². The summed E-state index contributed by atoms with van der Waals surface area (Å²) in [5.41, 5.74) is 0.968. The number of methoxy groups -OCH3 is 1. The molecule has 0 bridgehead atoms. The van der Waals surface area contributed by atoms with Crippen LogP contribution in [0.2, 0.25) is 0 Å². The first-order chi connectivity index (χ1) is 9.41. The Labute approximate surface area is 120 Å². The maximum absolute atomic E-state index is 11.8. The lowest BCUT2D eigenvalue weighted by Gasteiger charge is -2.22. The highest BCUT2D eigenvalue weighted by Gasteiger charge is 2.19. The molecular weight excluding hydrogens is 260 g/mol. The van der Waals surface area contributed by atoms with Crippen LogP contribution >= 0.6 is 0 Å². The highest BCUT2D eigenvalue weighted by Crippen LogP contribution is 2.15. The van der Waals surface area contributed by atoms with Gasteiger partial charge in [0.2, 0.25) is 0 Å². The van der Waals surface area contributed by atoms with E-state index in [0.717, 1.165) is 12.1 Å². The number of aromatic nitrogens is 2. The quantitative estimate of drug-likeness (QED) is 0.539. The summed E-state index contributed by atoms with van der Waals surface area (Å²) >= 11 is 0. The Hall–Kier alpha value is -1.40. The molecule has 0 aliphatic heterocycles. The predicted octanol–water partition coefficient (Wildman–Crippen LogP) is 1.93. The van der Waals surface area contributed by atoms with E-state index in [1.54, 1.807) is 25.8 Å². The van der Waals surface area contributed by atoms with Crippen molar-refractivity contribution in [2.75, 3.05) is 20.3 Å². The summed E-state index contributed by atoms with van der Waals surface area (Å²) in [4.78, 5) is 11.8. The fourth-order valence-electron chi connectivity index (χ4n) is 1.60. The van der Waals surface area contributed by atoms with Crippen LogP contribution in [0.1, 0.15) is 43.2 Å². The van der Waals surface area contributed by atoms with Crippen molar-refractivity contribution in [3.05, 3.63) is 17.5 Å². The zero-order valence-electron chi connectivity index (χ0n) is 12.9. The fraction of sp³-hybridized carbons (Fsp3) is 0.714. The van der Waals surface area contributed by atoms with E-state index >= 15 is 0 Å². The van der Waals surface area contributed by atoms with Gasteiger partial charge in [0.15, 0.2) is 0 Å². The molecule has 1 aromatic rings. The number of nitrogens with zero attached hydrogens (tertiary/aromatic N) is 2. The van der Waals surface area contributed by atoms with Crippen molar-refractivity contribution in [3.8, 4) is 0 Å². The molecule has 0 unspecified atom stereocenters. The summed E-state index contributed by atoms with van der Waals surface area (Å²) < 4.78 is 17.6. The maximum atomic E-state index is 11.8. The molecule has 1 aromatic heterocycles. The van der Waals surface area contributed by atoms with Crippen LogP contribution in [0.5, 0.6) is 0 Å². The molecule has 0 atom stereocenters. The Bertz CT molecular complexity index is 440. The average molecular weight is 284 g/mol. The third-order valence-corrected chi connectivity index (χ3v) is 3.20. The Morgan fingerprint density at radius 2 is 2.15 bits per heavy atom. The summed E-state index contributed by atoms with van der Waals surface area (Å²) in [5, 5.41) is 4.07. The molecular formula is C14H24N2O4. The van der Waals surface area contributed by atoms with E-state index < -0.39 is 0 Å². The fourth-order valence-corrected chi connectivity index (χ4v) is 1.60. The molecule has 0 aliphatic carbocycles. The smallest absolute Gasteiger partial charge is 0.341 e. The largest absolute Gasteiger partial charge is 0.462 e. The van der Waals surface area contributed by atoms with Crippen LogP contribution in [-0.2, 0) is 27.9 Å². The van der Waals surface area contributed by atoms with Crippen LogP contribution < -0.4 is 0 Å². The second kappa shape index (κ2) is 7.40. The van der Waals surface area contributed by atoms with Gasteiger partial charge in [-0.2, -0.15) is 5.10 Å². The zero-order valence-corrected chi connectivity index (χ0v) is 12.9. The molecule has 0 aromatic carbocycles. The SMILES string of the molecule is CCOC(=O)c1cnn(C)c1COCCC(C)(C)OC. The van der Waals surface area contributed by atoms with E-state index in [4.69, 9.17) is 14.2 Å². The zero-order chi connectivity index (χ0) is 15.2. The molecule has 0 N–H and O–H groups in total. The van der Waals surface area contributed by atoms with E-state index in [1.165, 1.54) is 6.20 Å². The van der Waals surface area contributed by atoms with Crippen molar-refractivity contribution in [1.29, 1.82) is 0 Å². The number of aryl methyl sites for hydroxylation is 1. The van der Waals surface area contributed by atoms with E-state index in [9.17, 15) is 4.79 Å². The summed E-state index contributed by atoms with van der Waals surface area (Å²) in [6.07, 6.45) is 2.28. The van der Waals surface area contributed by atoms with Crippen LogP contribution in [-0.4, -0.2) is 41.7 Å². The van der Waals surface area contributed by atoms with Gasteiger partial charge in [0, 0.05) is 20.8 Å². The van der Waals surface area contributed by atoms with Crippen molar-refractivity contribution < 1.29 is 19.0 Å². The maximum Gasteiger partial charge on any atom is 0.341 e. The second-order valence-corrected chi connectivity index (χ2v) is 5.12. The van der Waals surface area contributed by atoms with Gasteiger partial charge in [-0.3, -0.25) is 4.68 Å². The predicted molar refractivity (Wildman–Crippen MR) is 74.5 cm³/mol. The molecule has 1 heterocycles. The Balaban J connectivity index is 2.55. The Kier molecular flexibility index (Phi) is 6.16. The molecule has 20 heavy (non-hydrogen) atoms. The van der Waals surface area contributed by atoms with Crippen molar-refractivity contribution in [2.45, 2.75) is 39.4 Å². The third kappa shape index (κ3) is 4.61. The van der Waals surface area contributed by atoms with E-state index in [2.05, 4.69) is 5.10 Å². The molecule has 0 fully saturated rings. The summed E-state index contributed by atoms with van der Waals surface area (Å²) in [6, 6.07) is 0. The number of esters is 1. The number of rotatable bonds is 8. The van der Waals surface area contributed by atoms with Crippen LogP contribution in [0, 0.1) is 0 Å². The summed E-state index contributed by atoms with van der Waals surface area (Å²) in [6.45, 7) is 7.00. The molecule has 0 spiro atoms. The average Bonchev–Trinajstić information content (AvgIpc) is 2.76. The van der Waals surface area contributed by atoms with Crippen LogP contribution in [0.15, 0.2) is 6.20 Å². The van der Waals surface area contributed by atoms with E-state index in [1.807, 2.05) is 13.8 Å². The first-order valence-corrected chi connectivity index (χ1v) is 6.72. The van der Waals surface area contributed by atoms with Crippen molar-refractivity contribution in [1.82, 2.24) is 9.78 Å².